The standard InChI is InChI=1S/C17H14FN3O2S/c1-23-8-2-7-21-16(22)15(24-17(21)13(10-19)11-20)9-12-3-5-14(18)6-4-12/h3-6,9H,2,7-8H2,1H3/b15-9+. The number of hydrogen-bond donors (Lipinski definition) is 0. The summed E-state index contributed by atoms with van der Waals surface area (Å²) in [6.45, 7) is 0.815. The van der Waals surface area contributed by atoms with E-state index in [9.17, 15) is 9.18 Å². The molecule has 0 aliphatic heterocycles. The van der Waals surface area contributed by atoms with Crippen molar-refractivity contribution in [1.82, 2.24) is 4.57 Å². The number of nitriles is 2. The quantitative estimate of drug-likeness (QED) is 0.762. The highest BCUT2D eigenvalue weighted by Crippen LogP contribution is 2.03. The second-order valence-electron chi connectivity index (χ2n) is 4.87. The molecule has 1 aromatic carbocycles. The molecule has 1 aromatic heterocycles. The fourth-order valence-electron chi connectivity index (χ4n) is 2.11. The number of thiazole rings is 1. The van der Waals surface area contributed by atoms with Gasteiger partial charge in [0, 0.05) is 20.3 Å². The first-order chi connectivity index (χ1) is 11.6. The van der Waals surface area contributed by atoms with Gasteiger partial charge in [0.1, 0.15) is 22.6 Å². The summed E-state index contributed by atoms with van der Waals surface area (Å²) in [7, 11) is 1.56. The summed E-state index contributed by atoms with van der Waals surface area (Å²) in [4.78, 5) is 12.6. The molecule has 0 N–H and O–H groups in total. The Morgan fingerprint density at radius 3 is 2.58 bits per heavy atom. The van der Waals surface area contributed by atoms with Crippen LogP contribution in [0.2, 0.25) is 0 Å². The summed E-state index contributed by atoms with van der Waals surface area (Å²) in [6, 6.07) is 9.37. The highest BCUT2D eigenvalue weighted by Gasteiger charge is 2.09. The Hall–Kier alpha value is -2.74. The number of aromatic nitrogens is 1. The Morgan fingerprint density at radius 1 is 1.33 bits per heavy atom. The first-order valence-corrected chi connectivity index (χ1v) is 7.92. The van der Waals surface area contributed by atoms with Crippen molar-refractivity contribution in [3.05, 3.63) is 55.2 Å². The molecule has 0 fully saturated rings. The lowest BCUT2D eigenvalue weighted by atomic mass is 10.2. The molecule has 0 bridgehead atoms. The Bertz CT molecular complexity index is 959. The molecule has 5 nitrogen and oxygen atoms in total. The van der Waals surface area contributed by atoms with Gasteiger partial charge in [-0.3, -0.25) is 9.36 Å². The van der Waals surface area contributed by atoms with Gasteiger partial charge in [0.05, 0.1) is 4.53 Å². The van der Waals surface area contributed by atoms with Gasteiger partial charge in [-0.25, -0.2) is 4.39 Å². The van der Waals surface area contributed by atoms with E-state index in [1.807, 2.05) is 12.1 Å². The lowest BCUT2D eigenvalue weighted by Crippen LogP contribution is -2.32. The summed E-state index contributed by atoms with van der Waals surface area (Å²) in [5.41, 5.74) is 0.285. The number of hydrogen-bond acceptors (Lipinski definition) is 5. The summed E-state index contributed by atoms with van der Waals surface area (Å²) in [6.07, 6.45) is 2.20. The van der Waals surface area contributed by atoms with Crippen molar-refractivity contribution in [2.24, 2.45) is 0 Å². The topological polar surface area (TPSA) is 78.8 Å². The second-order valence-corrected chi connectivity index (χ2v) is 5.90. The van der Waals surface area contributed by atoms with Gasteiger partial charge in [0.15, 0.2) is 5.57 Å². The van der Waals surface area contributed by atoms with E-state index in [0.29, 0.717) is 34.3 Å². The van der Waals surface area contributed by atoms with E-state index >= 15 is 0 Å². The van der Waals surface area contributed by atoms with Gasteiger partial charge >= 0.3 is 0 Å². The lowest BCUT2D eigenvalue weighted by molar-refractivity contribution is 0.190. The highest BCUT2D eigenvalue weighted by atomic mass is 32.1. The summed E-state index contributed by atoms with van der Waals surface area (Å²) in [5.74, 6) is -0.361. The van der Waals surface area contributed by atoms with E-state index in [1.165, 1.54) is 16.7 Å². The van der Waals surface area contributed by atoms with Crippen molar-refractivity contribution < 1.29 is 9.13 Å². The molecular formula is C17H14FN3O2S. The molecule has 0 spiro atoms. The summed E-state index contributed by atoms with van der Waals surface area (Å²) >= 11 is 1.08. The maximum atomic E-state index is 13.0. The smallest absolute Gasteiger partial charge is 0.269 e. The van der Waals surface area contributed by atoms with E-state index < -0.39 is 0 Å². The third-order valence-electron chi connectivity index (χ3n) is 3.24. The van der Waals surface area contributed by atoms with Gasteiger partial charge < -0.3 is 4.74 Å². The number of rotatable bonds is 5. The van der Waals surface area contributed by atoms with Crippen molar-refractivity contribution in [1.29, 1.82) is 10.5 Å². The lowest BCUT2D eigenvalue weighted by Gasteiger charge is -2.01. The maximum absolute atomic E-state index is 13.0. The van der Waals surface area contributed by atoms with Crippen LogP contribution in [0.1, 0.15) is 12.0 Å². The van der Waals surface area contributed by atoms with E-state index in [1.54, 1.807) is 25.3 Å². The molecule has 0 saturated carbocycles. The Labute approximate surface area is 141 Å². The number of halogens is 1. The fraction of sp³-hybridized carbons (Fsp3) is 0.235. The van der Waals surface area contributed by atoms with Crippen LogP contribution in [0.25, 0.3) is 11.6 Å². The Morgan fingerprint density at radius 2 is 2.00 bits per heavy atom. The average molecular weight is 343 g/mol. The van der Waals surface area contributed by atoms with Crippen molar-refractivity contribution in [2.45, 2.75) is 13.0 Å². The first-order valence-electron chi connectivity index (χ1n) is 7.11. The number of ether oxygens (including phenoxy) is 1. The third-order valence-corrected chi connectivity index (χ3v) is 4.37. The predicted octanol–water partition coefficient (Wildman–Crippen LogP) is 1.11. The van der Waals surface area contributed by atoms with Crippen LogP contribution in [0.3, 0.4) is 0 Å². The number of nitrogens with zero attached hydrogens (tertiary/aromatic N) is 3. The molecule has 2 rings (SSSR count). The Balaban J connectivity index is 2.64. The minimum absolute atomic E-state index is 0.103. The van der Waals surface area contributed by atoms with Gasteiger partial charge in [0.2, 0.25) is 0 Å². The Kier molecular flexibility index (Phi) is 6.02. The van der Waals surface area contributed by atoms with E-state index in [0.717, 1.165) is 11.3 Å². The molecule has 122 valence electrons. The van der Waals surface area contributed by atoms with Crippen LogP contribution in [0, 0.1) is 28.5 Å². The minimum Gasteiger partial charge on any atom is -0.385 e. The number of methoxy groups -OCH3 is 1. The zero-order valence-electron chi connectivity index (χ0n) is 13.0. The van der Waals surface area contributed by atoms with Crippen molar-refractivity contribution >= 4 is 23.0 Å². The van der Waals surface area contributed by atoms with Crippen LogP contribution < -0.4 is 14.8 Å². The molecule has 0 radical (unpaired) electrons. The van der Waals surface area contributed by atoms with Crippen LogP contribution in [0.15, 0.2) is 29.1 Å². The normalized spacial score (nSPS) is 11.1. The molecule has 0 aliphatic carbocycles. The molecule has 0 aliphatic rings. The summed E-state index contributed by atoms with van der Waals surface area (Å²) in [5, 5.41) is 18.2. The first kappa shape index (κ1) is 17.6. The molecular weight excluding hydrogens is 329 g/mol. The van der Waals surface area contributed by atoms with Crippen LogP contribution in [0.5, 0.6) is 0 Å². The second kappa shape index (κ2) is 8.21. The molecule has 1 heterocycles. The average Bonchev–Trinajstić information content (AvgIpc) is 2.88. The molecule has 2 aromatic rings. The van der Waals surface area contributed by atoms with E-state index in [2.05, 4.69) is 0 Å². The van der Waals surface area contributed by atoms with Crippen LogP contribution in [-0.2, 0) is 11.3 Å². The van der Waals surface area contributed by atoms with Gasteiger partial charge in [0.25, 0.3) is 5.56 Å². The van der Waals surface area contributed by atoms with Crippen LogP contribution in [-0.4, -0.2) is 18.3 Å². The summed E-state index contributed by atoms with van der Waals surface area (Å²) < 4.78 is 20.1. The SMILES string of the molecule is COCCCn1c(=C(C#N)C#N)s/c(=C/c2ccc(F)cc2)c1=O. The highest BCUT2D eigenvalue weighted by molar-refractivity contribution is 7.07. The molecule has 24 heavy (non-hydrogen) atoms. The molecule has 7 heteroatoms. The minimum atomic E-state index is -0.361. The zero-order chi connectivity index (χ0) is 17.5. The van der Waals surface area contributed by atoms with Gasteiger partial charge in [-0.15, -0.1) is 11.3 Å². The van der Waals surface area contributed by atoms with Crippen LogP contribution >= 0.6 is 11.3 Å². The largest absolute Gasteiger partial charge is 0.385 e. The maximum Gasteiger partial charge on any atom is 0.269 e. The van der Waals surface area contributed by atoms with E-state index in [-0.39, 0.29) is 16.9 Å². The molecule has 0 unspecified atom stereocenters. The van der Waals surface area contributed by atoms with Crippen LogP contribution in [0.4, 0.5) is 4.39 Å². The third kappa shape index (κ3) is 3.96. The molecule has 0 amide bonds. The van der Waals surface area contributed by atoms with Crippen molar-refractivity contribution in [2.75, 3.05) is 13.7 Å². The number of benzene rings is 1. The van der Waals surface area contributed by atoms with Gasteiger partial charge in [-0.2, -0.15) is 10.5 Å². The van der Waals surface area contributed by atoms with Crippen molar-refractivity contribution in [3.63, 3.8) is 0 Å². The van der Waals surface area contributed by atoms with Gasteiger partial charge in [-0.1, -0.05) is 12.1 Å². The predicted molar refractivity (Wildman–Crippen MR) is 88.9 cm³/mol. The molecule has 0 atom stereocenters. The monoisotopic (exact) mass is 343 g/mol. The molecule has 0 saturated heterocycles. The zero-order valence-corrected chi connectivity index (χ0v) is 13.8. The van der Waals surface area contributed by atoms with Crippen molar-refractivity contribution in [3.8, 4) is 12.1 Å². The fourth-order valence-corrected chi connectivity index (χ4v) is 3.19. The van der Waals surface area contributed by atoms with E-state index in [4.69, 9.17) is 15.3 Å². The van der Waals surface area contributed by atoms with Gasteiger partial charge in [-0.05, 0) is 30.2 Å².